The first-order valence-corrected chi connectivity index (χ1v) is 18.8. The highest BCUT2D eigenvalue weighted by atomic mass is 16.8. The average molecular weight is 781 g/mol. The molecule has 0 aromatic heterocycles. The lowest BCUT2D eigenvalue weighted by Crippen LogP contribution is -2.78. The Labute approximate surface area is 326 Å². The molecule has 2 fully saturated rings. The second-order valence-electron chi connectivity index (χ2n) is 14.2. The number of carbonyl (C=O) groups is 5. The molecule has 0 saturated carbocycles. The molecule has 8 atom stereocenters. The first-order valence-electron chi connectivity index (χ1n) is 18.8. The van der Waals surface area contributed by atoms with E-state index in [1.807, 2.05) is 85.8 Å². The van der Waals surface area contributed by atoms with Gasteiger partial charge in [0.15, 0.2) is 6.10 Å². The monoisotopic (exact) mass is 780 g/mol. The van der Waals surface area contributed by atoms with Crippen LogP contribution < -0.4 is 0 Å². The molecule has 0 aliphatic carbocycles. The molecule has 2 heterocycles. The Bertz CT molecular complexity index is 1710. The van der Waals surface area contributed by atoms with Gasteiger partial charge in [-0.3, -0.25) is 9.59 Å². The first kappa shape index (κ1) is 43.8. The number of aliphatic hydroxyl groups is 2. The normalized spacial score (nSPS) is 26.8. The van der Waals surface area contributed by atoms with Gasteiger partial charge >= 0.3 is 29.8 Å². The molecule has 14 nitrogen and oxygen atoms in total. The zero-order valence-corrected chi connectivity index (χ0v) is 31.9. The Kier molecular flexibility index (Phi) is 15.5. The molecule has 2 aliphatic rings. The van der Waals surface area contributed by atoms with Crippen LogP contribution in [0, 0.1) is 5.92 Å². The van der Waals surface area contributed by atoms with Crippen molar-refractivity contribution in [2.45, 2.75) is 119 Å². The van der Waals surface area contributed by atoms with Gasteiger partial charge in [-0.25, -0.2) is 14.4 Å². The van der Waals surface area contributed by atoms with E-state index in [-0.39, 0.29) is 25.2 Å². The topological polar surface area (TPSA) is 212 Å². The molecule has 2 bridgehead atoms. The van der Waals surface area contributed by atoms with E-state index >= 15 is 0 Å². The number of aliphatic hydroxyl groups excluding tert-OH is 1. The van der Waals surface area contributed by atoms with Crippen molar-refractivity contribution in [3.8, 4) is 0 Å². The Balaban J connectivity index is 1.49. The number of benzene rings is 2. The molecule has 4 rings (SSSR count). The maximum Gasteiger partial charge on any atom is 0.344 e. The van der Waals surface area contributed by atoms with Gasteiger partial charge in [0.05, 0.1) is 7.11 Å². The van der Waals surface area contributed by atoms with Gasteiger partial charge in [-0.15, -0.1) is 0 Å². The Morgan fingerprint density at radius 2 is 1.46 bits per heavy atom. The fourth-order valence-electron chi connectivity index (χ4n) is 7.27. The fourth-order valence-corrected chi connectivity index (χ4v) is 7.27. The second kappa shape index (κ2) is 19.8. The number of methoxy groups -OCH3 is 1. The number of rotatable bonds is 21. The molecule has 0 amide bonds. The number of unbranched alkanes of at least 4 members (excludes halogenated alkanes) is 4. The molecule has 4 N–H and O–H groups in total. The SMILES string of the molecule is COC(=O)C1OC2(CCCC(OC(C)=O)C(C)CC=Cc3ccccc3)OC(C(=O)O)(C(OC(=O)CCCCCCC=Cc3ccccc3)C2O)C1(O)C(=O)O. The van der Waals surface area contributed by atoms with Gasteiger partial charge in [0.1, 0.15) is 12.2 Å². The summed E-state index contributed by atoms with van der Waals surface area (Å²) in [6.45, 7) is 3.12. The van der Waals surface area contributed by atoms with Crippen molar-refractivity contribution in [2.24, 2.45) is 5.92 Å². The van der Waals surface area contributed by atoms with E-state index in [9.17, 15) is 44.4 Å². The van der Waals surface area contributed by atoms with Crippen molar-refractivity contribution in [2.75, 3.05) is 7.11 Å². The summed E-state index contributed by atoms with van der Waals surface area (Å²) < 4.78 is 27.3. The van der Waals surface area contributed by atoms with Crippen LogP contribution in [0.5, 0.6) is 0 Å². The second-order valence-corrected chi connectivity index (χ2v) is 14.2. The van der Waals surface area contributed by atoms with E-state index in [1.165, 1.54) is 6.92 Å². The number of hydrogen-bond acceptors (Lipinski definition) is 12. The van der Waals surface area contributed by atoms with Crippen LogP contribution in [-0.2, 0) is 47.7 Å². The molecule has 14 heteroatoms. The van der Waals surface area contributed by atoms with E-state index in [1.54, 1.807) is 0 Å². The van der Waals surface area contributed by atoms with Crippen LogP contribution >= 0.6 is 0 Å². The number of carboxylic acid groups (broad SMARTS) is 2. The lowest BCUT2D eigenvalue weighted by Gasteiger charge is -2.49. The van der Waals surface area contributed by atoms with Gasteiger partial charge in [-0.05, 0) is 55.6 Å². The summed E-state index contributed by atoms with van der Waals surface area (Å²) >= 11 is 0. The molecule has 0 spiro atoms. The van der Waals surface area contributed by atoms with E-state index < -0.39 is 77.7 Å². The summed E-state index contributed by atoms with van der Waals surface area (Å²) in [5.74, 6) is -10.1. The van der Waals surface area contributed by atoms with Crippen LogP contribution in [0.25, 0.3) is 12.2 Å². The van der Waals surface area contributed by atoms with Crippen LogP contribution in [0.15, 0.2) is 72.8 Å². The molecule has 2 aromatic carbocycles. The number of carbonyl (C=O) groups excluding carboxylic acids is 3. The molecule has 2 aliphatic heterocycles. The predicted molar refractivity (Wildman–Crippen MR) is 201 cm³/mol. The highest BCUT2D eigenvalue weighted by Crippen LogP contribution is 2.56. The van der Waals surface area contributed by atoms with Gasteiger partial charge in [-0.2, -0.15) is 0 Å². The van der Waals surface area contributed by atoms with Crippen molar-refractivity contribution >= 4 is 42.0 Å². The lowest BCUT2D eigenvalue weighted by atomic mass is 9.74. The molecule has 2 saturated heterocycles. The first-order chi connectivity index (χ1) is 26.7. The highest BCUT2D eigenvalue weighted by molar-refractivity contribution is 5.98. The molecular weight excluding hydrogens is 728 g/mol. The van der Waals surface area contributed by atoms with Gasteiger partial charge in [0.2, 0.25) is 23.1 Å². The van der Waals surface area contributed by atoms with Crippen molar-refractivity contribution in [3.63, 3.8) is 0 Å². The summed E-state index contributed by atoms with van der Waals surface area (Å²) in [4.78, 5) is 64.1. The third-order valence-corrected chi connectivity index (χ3v) is 10.2. The van der Waals surface area contributed by atoms with Crippen molar-refractivity contribution < 1.29 is 68.1 Å². The Morgan fingerprint density at radius 1 is 0.857 bits per heavy atom. The third kappa shape index (κ3) is 9.91. The van der Waals surface area contributed by atoms with Crippen molar-refractivity contribution in [1.82, 2.24) is 0 Å². The summed E-state index contributed by atoms with van der Waals surface area (Å²) in [5, 5.41) is 44.3. The van der Waals surface area contributed by atoms with E-state index in [0.29, 0.717) is 19.3 Å². The van der Waals surface area contributed by atoms with Gasteiger partial charge in [-0.1, -0.05) is 105 Å². The average Bonchev–Trinajstić information content (AvgIpc) is 3.38. The van der Waals surface area contributed by atoms with Crippen LogP contribution in [0.1, 0.15) is 89.2 Å². The molecule has 8 unspecified atom stereocenters. The molecule has 0 radical (unpaired) electrons. The van der Waals surface area contributed by atoms with Crippen molar-refractivity contribution in [1.29, 1.82) is 0 Å². The number of ether oxygens (including phenoxy) is 5. The minimum absolute atomic E-state index is 0.0119. The zero-order chi connectivity index (χ0) is 40.9. The fraction of sp³-hybridized carbons (Fsp3) is 0.500. The van der Waals surface area contributed by atoms with Crippen LogP contribution in [0.3, 0.4) is 0 Å². The maximum atomic E-state index is 13.2. The standard InChI is InChI=1S/C42H52O14/c1-28(18-16-24-31-22-13-9-14-23-31)32(53-29(2)43)25-17-27-40-34(45)35(42(56-40,39(49)50)41(51,38(47)48)36(55-40)37(46)52-3)54-33(44)26-15-7-5-4-6-10-19-30-20-11-8-12-21-30/h8-14,16,19-24,28,32,34-36,45,51H,4-7,15,17-18,25-27H2,1-3H3,(H,47,48)(H,49,50). The van der Waals surface area contributed by atoms with Gasteiger partial charge in [0, 0.05) is 19.8 Å². The van der Waals surface area contributed by atoms with Gasteiger partial charge < -0.3 is 44.1 Å². The summed E-state index contributed by atoms with van der Waals surface area (Å²) in [5.41, 5.74) is -5.09. The quantitative estimate of drug-likeness (QED) is 0.0739. The number of carboxylic acids is 2. The summed E-state index contributed by atoms with van der Waals surface area (Å²) in [7, 11) is 0.871. The molecule has 2 aromatic rings. The number of hydrogen-bond donors (Lipinski definition) is 4. The van der Waals surface area contributed by atoms with E-state index in [0.717, 1.165) is 37.5 Å². The Morgan fingerprint density at radius 3 is 2.04 bits per heavy atom. The van der Waals surface area contributed by atoms with Crippen LogP contribution in [-0.4, -0.2) is 98.8 Å². The van der Waals surface area contributed by atoms with Crippen LogP contribution in [0.4, 0.5) is 0 Å². The van der Waals surface area contributed by atoms with Crippen molar-refractivity contribution in [3.05, 3.63) is 83.9 Å². The lowest BCUT2D eigenvalue weighted by molar-refractivity contribution is -0.374. The van der Waals surface area contributed by atoms with E-state index in [2.05, 4.69) is 6.08 Å². The summed E-state index contributed by atoms with van der Waals surface area (Å²) in [6.07, 6.45) is 3.61. The molecule has 304 valence electrons. The molecular formula is C42H52O14. The Hall–Kier alpha value is -4.89. The number of fused-ring (bicyclic) bond motifs is 2. The van der Waals surface area contributed by atoms with Gasteiger partial charge in [0.25, 0.3) is 0 Å². The largest absolute Gasteiger partial charge is 0.479 e. The third-order valence-electron chi connectivity index (χ3n) is 10.2. The minimum atomic E-state index is -3.73. The smallest absolute Gasteiger partial charge is 0.344 e. The highest BCUT2D eigenvalue weighted by Gasteiger charge is 2.86. The zero-order valence-electron chi connectivity index (χ0n) is 31.9. The number of aliphatic carboxylic acids is 2. The number of esters is 3. The minimum Gasteiger partial charge on any atom is -0.479 e. The molecule has 56 heavy (non-hydrogen) atoms. The predicted octanol–water partition coefficient (Wildman–Crippen LogP) is 5.09. The van der Waals surface area contributed by atoms with Crippen LogP contribution in [0.2, 0.25) is 0 Å². The van der Waals surface area contributed by atoms with E-state index in [4.69, 9.17) is 23.7 Å². The summed E-state index contributed by atoms with van der Waals surface area (Å²) in [6, 6.07) is 19.4. The number of allylic oxidation sites excluding steroid dienone is 2. The maximum absolute atomic E-state index is 13.2.